The Hall–Kier alpha value is -3.55. The van der Waals surface area contributed by atoms with Crippen molar-refractivity contribution in [3.63, 3.8) is 0 Å². The molecule has 0 aliphatic carbocycles. The summed E-state index contributed by atoms with van der Waals surface area (Å²) in [5.74, 6) is 0.182. The summed E-state index contributed by atoms with van der Waals surface area (Å²) in [5, 5.41) is 2.97. The maximum atomic E-state index is 13.9. The molecule has 0 radical (unpaired) electrons. The van der Waals surface area contributed by atoms with Crippen LogP contribution in [0.5, 0.6) is 11.5 Å². The van der Waals surface area contributed by atoms with E-state index < -0.39 is 11.6 Å². The van der Waals surface area contributed by atoms with Crippen molar-refractivity contribution in [2.75, 3.05) is 31.0 Å². The lowest BCUT2D eigenvalue weighted by molar-refractivity contribution is -0.128. The molecule has 8 heteroatoms. The highest BCUT2D eigenvalue weighted by Gasteiger charge is 2.60. The van der Waals surface area contributed by atoms with Gasteiger partial charge in [-0.1, -0.05) is 19.1 Å². The van der Waals surface area contributed by atoms with E-state index in [-0.39, 0.29) is 24.7 Å². The number of hydrogen-bond donors (Lipinski definition) is 1. The number of benzene rings is 2. The fraction of sp³-hybridized carbons (Fsp3) is 0.375. The van der Waals surface area contributed by atoms with Gasteiger partial charge in [0.15, 0.2) is 11.5 Å². The number of carbonyl (C=O) groups excluding carboxylic acids is 3. The Balaban J connectivity index is 1.82. The van der Waals surface area contributed by atoms with Gasteiger partial charge >= 0.3 is 0 Å². The number of nitrogens with one attached hydrogen (secondary N) is 1. The predicted molar refractivity (Wildman–Crippen MR) is 120 cm³/mol. The first-order valence-electron chi connectivity index (χ1n) is 10.7. The summed E-state index contributed by atoms with van der Waals surface area (Å²) in [4.78, 5) is 43.4. The molecule has 2 aromatic carbocycles. The Morgan fingerprint density at radius 3 is 2.50 bits per heavy atom. The average Bonchev–Trinajstić information content (AvgIpc) is 3.15. The van der Waals surface area contributed by atoms with E-state index >= 15 is 0 Å². The van der Waals surface area contributed by atoms with Gasteiger partial charge in [-0.2, -0.15) is 0 Å². The zero-order chi connectivity index (χ0) is 23.0. The van der Waals surface area contributed by atoms with Gasteiger partial charge in [0.1, 0.15) is 0 Å². The molecule has 1 fully saturated rings. The molecule has 8 nitrogen and oxygen atoms in total. The van der Waals surface area contributed by atoms with E-state index in [2.05, 4.69) is 5.32 Å². The summed E-state index contributed by atoms with van der Waals surface area (Å²) >= 11 is 0. The average molecular weight is 437 g/mol. The Labute approximate surface area is 187 Å². The van der Waals surface area contributed by atoms with Gasteiger partial charge < -0.3 is 19.7 Å². The predicted octanol–water partition coefficient (Wildman–Crippen LogP) is 3.34. The first-order chi connectivity index (χ1) is 15.4. The van der Waals surface area contributed by atoms with Crippen LogP contribution in [0.3, 0.4) is 0 Å². The minimum atomic E-state index is -1.42. The maximum Gasteiger partial charge on any atom is 0.271 e. The first-order valence-corrected chi connectivity index (χ1v) is 10.7. The van der Waals surface area contributed by atoms with Crippen LogP contribution in [0.2, 0.25) is 0 Å². The summed E-state index contributed by atoms with van der Waals surface area (Å²) in [6.07, 6.45) is 1.06. The summed E-state index contributed by atoms with van der Waals surface area (Å²) in [7, 11) is 3.07. The molecule has 1 saturated heterocycles. The Morgan fingerprint density at radius 1 is 1.12 bits per heavy atom. The lowest BCUT2D eigenvalue weighted by Crippen LogP contribution is -2.69. The minimum absolute atomic E-state index is 0.176. The zero-order valence-electron chi connectivity index (χ0n) is 18.7. The van der Waals surface area contributed by atoms with Gasteiger partial charge in [-0.3, -0.25) is 19.3 Å². The van der Waals surface area contributed by atoms with Crippen molar-refractivity contribution < 1.29 is 23.9 Å². The molecule has 2 aromatic rings. The highest BCUT2D eigenvalue weighted by Crippen LogP contribution is 2.45. The molecule has 2 aliphatic rings. The molecule has 4 rings (SSSR count). The van der Waals surface area contributed by atoms with Crippen LogP contribution >= 0.6 is 0 Å². The zero-order valence-corrected chi connectivity index (χ0v) is 18.7. The largest absolute Gasteiger partial charge is 0.493 e. The highest BCUT2D eigenvalue weighted by atomic mass is 16.5. The number of carbonyl (C=O) groups is 3. The smallest absolute Gasteiger partial charge is 0.271 e. The van der Waals surface area contributed by atoms with Crippen molar-refractivity contribution in [2.24, 2.45) is 0 Å². The van der Waals surface area contributed by atoms with Crippen molar-refractivity contribution in [3.8, 4) is 11.5 Å². The van der Waals surface area contributed by atoms with Gasteiger partial charge in [-0.05, 0) is 37.1 Å². The molecule has 2 heterocycles. The lowest BCUT2D eigenvalue weighted by atomic mass is 9.95. The molecule has 2 aliphatic heterocycles. The van der Waals surface area contributed by atoms with E-state index in [1.807, 2.05) is 13.8 Å². The van der Waals surface area contributed by atoms with Crippen molar-refractivity contribution in [2.45, 2.75) is 38.8 Å². The molecule has 32 heavy (non-hydrogen) atoms. The van der Waals surface area contributed by atoms with Gasteiger partial charge in [0.25, 0.3) is 11.8 Å². The standard InChI is InChI=1S/C24H27N3O5/c1-5-12-26-22(29)16-8-6-7-9-18(16)27-21(28)10-11-24(26,27)23(30)25-17-14-20(32-4)19(31-3)13-15(17)2/h6-9,13-14H,5,10-12H2,1-4H3,(H,25,30). The van der Waals surface area contributed by atoms with Crippen molar-refractivity contribution in [1.29, 1.82) is 0 Å². The van der Waals surface area contributed by atoms with Crippen LogP contribution in [0.4, 0.5) is 11.4 Å². The monoisotopic (exact) mass is 437 g/mol. The summed E-state index contributed by atoms with van der Waals surface area (Å²) in [6, 6.07) is 10.4. The molecule has 3 amide bonds. The Bertz CT molecular complexity index is 1100. The molecule has 1 N–H and O–H groups in total. The van der Waals surface area contributed by atoms with Crippen LogP contribution in [0, 0.1) is 6.92 Å². The number of aryl methyl sites for hydroxylation is 1. The number of rotatable bonds is 6. The second kappa shape index (κ2) is 8.18. The van der Waals surface area contributed by atoms with E-state index in [9.17, 15) is 14.4 Å². The van der Waals surface area contributed by atoms with Crippen LogP contribution in [-0.2, 0) is 9.59 Å². The van der Waals surface area contributed by atoms with E-state index in [4.69, 9.17) is 9.47 Å². The lowest BCUT2D eigenvalue weighted by Gasteiger charge is -2.49. The Morgan fingerprint density at radius 2 is 1.81 bits per heavy atom. The SMILES string of the molecule is CCCN1C(=O)c2ccccc2N2C(=O)CCC12C(=O)Nc1cc(OC)c(OC)cc1C. The number of fused-ring (bicyclic) bond motifs is 3. The fourth-order valence-corrected chi connectivity index (χ4v) is 4.65. The van der Waals surface area contributed by atoms with Crippen molar-refractivity contribution in [3.05, 3.63) is 47.5 Å². The molecular formula is C24H27N3O5. The van der Waals surface area contributed by atoms with E-state index in [0.29, 0.717) is 41.4 Å². The number of anilines is 2. The topological polar surface area (TPSA) is 88.2 Å². The van der Waals surface area contributed by atoms with E-state index in [1.54, 1.807) is 48.4 Å². The summed E-state index contributed by atoms with van der Waals surface area (Å²) < 4.78 is 10.7. The number of amides is 3. The number of methoxy groups -OCH3 is 2. The third-order valence-corrected chi connectivity index (χ3v) is 6.16. The van der Waals surface area contributed by atoms with Gasteiger partial charge in [0, 0.05) is 31.1 Å². The van der Waals surface area contributed by atoms with Crippen LogP contribution < -0.4 is 19.7 Å². The fourth-order valence-electron chi connectivity index (χ4n) is 4.65. The second-order valence-corrected chi connectivity index (χ2v) is 8.00. The van der Waals surface area contributed by atoms with Crippen LogP contribution in [0.25, 0.3) is 0 Å². The van der Waals surface area contributed by atoms with Crippen LogP contribution in [0.1, 0.15) is 42.1 Å². The van der Waals surface area contributed by atoms with Gasteiger partial charge in [-0.15, -0.1) is 0 Å². The van der Waals surface area contributed by atoms with E-state index in [0.717, 1.165) is 5.56 Å². The molecule has 0 saturated carbocycles. The molecule has 1 unspecified atom stereocenters. The molecule has 0 spiro atoms. The third kappa shape index (κ3) is 3.09. The third-order valence-electron chi connectivity index (χ3n) is 6.16. The van der Waals surface area contributed by atoms with Crippen LogP contribution in [-0.4, -0.2) is 49.0 Å². The van der Waals surface area contributed by atoms with Crippen molar-refractivity contribution >= 4 is 29.1 Å². The van der Waals surface area contributed by atoms with Gasteiger partial charge in [0.05, 0.1) is 25.5 Å². The number of ether oxygens (including phenoxy) is 2. The highest BCUT2D eigenvalue weighted by molar-refractivity contribution is 6.18. The number of hydrogen-bond acceptors (Lipinski definition) is 5. The molecule has 0 aromatic heterocycles. The molecular weight excluding hydrogens is 410 g/mol. The normalized spacial score (nSPS) is 19.5. The quantitative estimate of drug-likeness (QED) is 0.749. The minimum Gasteiger partial charge on any atom is -0.493 e. The van der Waals surface area contributed by atoms with Crippen LogP contribution in [0.15, 0.2) is 36.4 Å². The molecule has 0 bridgehead atoms. The molecule has 168 valence electrons. The Kier molecular flexibility index (Phi) is 5.54. The van der Waals surface area contributed by atoms with Gasteiger partial charge in [-0.25, -0.2) is 0 Å². The summed E-state index contributed by atoms with van der Waals surface area (Å²) in [5.41, 5.74) is 0.795. The first kappa shape index (κ1) is 21.7. The maximum absolute atomic E-state index is 13.9. The van der Waals surface area contributed by atoms with Gasteiger partial charge in [0.2, 0.25) is 11.6 Å². The second-order valence-electron chi connectivity index (χ2n) is 8.00. The van der Waals surface area contributed by atoms with Crippen molar-refractivity contribution in [1.82, 2.24) is 4.90 Å². The summed E-state index contributed by atoms with van der Waals surface area (Å²) in [6.45, 7) is 4.15. The molecule has 1 atom stereocenters. The number of nitrogens with zero attached hydrogens (tertiary/aromatic N) is 2. The van der Waals surface area contributed by atoms with E-state index in [1.165, 1.54) is 12.0 Å². The number of para-hydroxylation sites is 1.